The van der Waals surface area contributed by atoms with Crippen molar-refractivity contribution in [2.24, 2.45) is 17.8 Å². The number of ether oxygens (including phenoxy) is 1. The van der Waals surface area contributed by atoms with Gasteiger partial charge in [0.2, 0.25) is 0 Å². The summed E-state index contributed by atoms with van der Waals surface area (Å²) in [6.45, 7) is 6.79. The first-order valence-electron chi connectivity index (χ1n) is 13.3. The van der Waals surface area contributed by atoms with Crippen LogP contribution in [0.4, 0.5) is 0 Å². The summed E-state index contributed by atoms with van der Waals surface area (Å²) in [4.78, 5) is 0. The number of aliphatic hydroxyl groups excluding tert-OH is 1. The van der Waals surface area contributed by atoms with Crippen LogP contribution in [-0.4, -0.2) is 36.4 Å². The van der Waals surface area contributed by atoms with E-state index in [1.54, 1.807) is 0 Å². The van der Waals surface area contributed by atoms with Gasteiger partial charge in [-0.05, 0) is 98.8 Å². The summed E-state index contributed by atoms with van der Waals surface area (Å²) < 4.78 is 5.92. The standard InChI is InChI=1S/C30H42N2O2/c1-29(2,32-18-22-6-4-3-5-7-22)21-31-19-27(33)20-34-28-10-8-26(9-11-28)30-15-23-12-24(16-30)14-25(13-23)17-30/h3-11,23-25,27,31-33H,12-21H2,1-2H3. The molecule has 0 radical (unpaired) electrons. The van der Waals surface area contributed by atoms with Gasteiger partial charge in [0, 0.05) is 25.2 Å². The molecule has 0 aromatic heterocycles. The number of hydrogen-bond donors (Lipinski definition) is 3. The van der Waals surface area contributed by atoms with Gasteiger partial charge in [-0.3, -0.25) is 0 Å². The van der Waals surface area contributed by atoms with Crippen LogP contribution < -0.4 is 15.4 Å². The zero-order chi connectivity index (χ0) is 23.6. The van der Waals surface area contributed by atoms with Crippen LogP contribution in [-0.2, 0) is 12.0 Å². The first kappa shape index (κ1) is 23.8. The molecule has 1 atom stereocenters. The van der Waals surface area contributed by atoms with E-state index in [2.05, 4.69) is 73.0 Å². The van der Waals surface area contributed by atoms with Gasteiger partial charge >= 0.3 is 0 Å². The van der Waals surface area contributed by atoms with E-state index in [-0.39, 0.29) is 5.54 Å². The van der Waals surface area contributed by atoms with E-state index in [0.717, 1.165) is 36.6 Å². The molecular weight excluding hydrogens is 420 g/mol. The molecule has 2 aromatic carbocycles. The summed E-state index contributed by atoms with van der Waals surface area (Å²) in [6.07, 6.45) is 8.07. The summed E-state index contributed by atoms with van der Waals surface area (Å²) in [5.41, 5.74) is 3.16. The lowest BCUT2D eigenvalue weighted by Crippen LogP contribution is -2.49. The zero-order valence-corrected chi connectivity index (χ0v) is 20.9. The van der Waals surface area contributed by atoms with Crippen molar-refractivity contribution in [3.05, 3.63) is 65.7 Å². The largest absolute Gasteiger partial charge is 0.491 e. The highest BCUT2D eigenvalue weighted by atomic mass is 16.5. The minimum Gasteiger partial charge on any atom is -0.491 e. The van der Waals surface area contributed by atoms with Crippen molar-refractivity contribution < 1.29 is 9.84 Å². The minimum atomic E-state index is -0.534. The van der Waals surface area contributed by atoms with Crippen LogP contribution in [0.3, 0.4) is 0 Å². The normalized spacial score (nSPS) is 28.7. The molecule has 4 aliphatic carbocycles. The third-order valence-corrected chi connectivity index (χ3v) is 8.51. The molecule has 4 aliphatic rings. The molecule has 4 saturated carbocycles. The highest BCUT2D eigenvalue weighted by molar-refractivity contribution is 5.34. The van der Waals surface area contributed by atoms with E-state index in [0.29, 0.717) is 18.6 Å². The molecule has 34 heavy (non-hydrogen) atoms. The predicted octanol–water partition coefficient (Wildman–Crippen LogP) is 5.05. The molecule has 2 aromatic rings. The molecule has 0 heterocycles. The average Bonchev–Trinajstić information content (AvgIpc) is 2.82. The van der Waals surface area contributed by atoms with Crippen molar-refractivity contribution in [2.45, 2.75) is 76.0 Å². The van der Waals surface area contributed by atoms with Gasteiger partial charge in [-0.15, -0.1) is 0 Å². The number of hydrogen-bond acceptors (Lipinski definition) is 4. The van der Waals surface area contributed by atoms with Gasteiger partial charge in [-0.1, -0.05) is 42.5 Å². The number of aliphatic hydroxyl groups is 1. The summed E-state index contributed by atoms with van der Waals surface area (Å²) in [6, 6.07) is 19.3. The van der Waals surface area contributed by atoms with Crippen molar-refractivity contribution in [1.29, 1.82) is 0 Å². The van der Waals surface area contributed by atoms with E-state index in [4.69, 9.17) is 4.74 Å². The minimum absolute atomic E-state index is 0.0660. The lowest BCUT2D eigenvalue weighted by Gasteiger charge is -2.57. The quantitative estimate of drug-likeness (QED) is 0.437. The number of rotatable bonds is 11. The Hall–Kier alpha value is -1.88. The van der Waals surface area contributed by atoms with Crippen LogP contribution in [0.25, 0.3) is 0 Å². The Balaban J connectivity index is 1.04. The fourth-order valence-corrected chi connectivity index (χ4v) is 7.17. The Bertz CT molecular complexity index is 889. The highest BCUT2D eigenvalue weighted by Crippen LogP contribution is 2.60. The molecule has 0 spiro atoms. The maximum atomic E-state index is 10.4. The molecule has 4 nitrogen and oxygen atoms in total. The monoisotopic (exact) mass is 462 g/mol. The molecule has 4 bridgehead atoms. The highest BCUT2D eigenvalue weighted by Gasteiger charge is 2.51. The van der Waals surface area contributed by atoms with Crippen LogP contribution in [0, 0.1) is 17.8 Å². The van der Waals surface area contributed by atoms with Gasteiger partial charge in [0.15, 0.2) is 0 Å². The van der Waals surface area contributed by atoms with Gasteiger partial charge in [-0.2, -0.15) is 0 Å². The van der Waals surface area contributed by atoms with Crippen molar-refractivity contribution in [3.8, 4) is 5.75 Å². The maximum absolute atomic E-state index is 10.4. The molecule has 0 amide bonds. The van der Waals surface area contributed by atoms with Crippen molar-refractivity contribution >= 4 is 0 Å². The van der Waals surface area contributed by atoms with Crippen LogP contribution in [0.15, 0.2) is 54.6 Å². The maximum Gasteiger partial charge on any atom is 0.119 e. The van der Waals surface area contributed by atoms with Gasteiger partial charge in [0.05, 0.1) is 0 Å². The fraction of sp³-hybridized carbons (Fsp3) is 0.600. The number of nitrogens with one attached hydrogen (secondary N) is 2. The second-order valence-corrected chi connectivity index (χ2v) is 12.0. The Morgan fingerprint density at radius 3 is 2.18 bits per heavy atom. The Kier molecular flexibility index (Phi) is 7.02. The smallest absolute Gasteiger partial charge is 0.119 e. The van der Waals surface area contributed by atoms with Crippen molar-refractivity contribution in [1.82, 2.24) is 10.6 Å². The van der Waals surface area contributed by atoms with E-state index >= 15 is 0 Å². The van der Waals surface area contributed by atoms with Crippen LogP contribution in [0.5, 0.6) is 5.75 Å². The first-order chi connectivity index (χ1) is 16.4. The SMILES string of the molecule is CC(C)(CNCC(O)COc1ccc(C23CC4CC(CC(C4)C2)C3)cc1)NCc1ccccc1. The van der Waals surface area contributed by atoms with E-state index in [1.165, 1.54) is 49.7 Å². The summed E-state index contributed by atoms with van der Waals surface area (Å²) >= 11 is 0. The van der Waals surface area contributed by atoms with Crippen molar-refractivity contribution in [3.63, 3.8) is 0 Å². The van der Waals surface area contributed by atoms with Gasteiger partial charge in [0.1, 0.15) is 18.5 Å². The molecule has 4 heteroatoms. The van der Waals surface area contributed by atoms with Gasteiger partial charge < -0.3 is 20.5 Å². The van der Waals surface area contributed by atoms with E-state index < -0.39 is 6.10 Å². The Morgan fingerprint density at radius 1 is 0.941 bits per heavy atom. The molecule has 6 rings (SSSR count). The van der Waals surface area contributed by atoms with Crippen molar-refractivity contribution in [2.75, 3.05) is 19.7 Å². The summed E-state index contributed by atoms with van der Waals surface area (Å²) in [7, 11) is 0. The molecule has 3 N–H and O–H groups in total. The van der Waals surface area contributed by atoms with Crippen LogP contribution >= 0.6 is 0 Å². The van der Waals surface area contributed by atoms with Gasteiger partial charge in [-0.25, -0.2) is 0 Å². The second kappa shape index (κ2) is 10.0. The zero-order valence-electron chi connectivity index (χ0n) is 20.9. The molecular formula is C30H42N2O2. The fourth-order valence-electron chi connectivity index (χ4n) is 7.17. The topological polar surface area (TPSA) is 53.5 Å². The third-order valence-electron chi connectivity index (χ3n) is 8.51. The molecule has 4 fully saturated rings. The summed E-state index contributed by atoms with van der Waals surface area (Å²) in [5.74, 6) is 3.74. The van der Waals surface area contributed by atoms with Crippen LogP contribution in [0.1, 0.15) is 63.5 Å². The van der Waals surface area contributed by atoms with Crippen LogP contribution in [0.2, 0.25) is 0 Å². The lowest BCUT2D eigenvalue weighted by molar-refractivity contribution is -0.00521. The second-order valence-electron chi connectivity index (χ2n) is 12.0. The molecule has 0 saturated heterocycles. The summed E-state index contributed by atoms with van der Waals surface area (Å²) in [5, 5.41) is 17.4. The Labute approximate surface area is 205 Å². The molecule has 1 unspecified atom stereocenters. The predicted molar refractivity (Wildman–Crippen MR) is 138 cm³/mol. The molecule has 184 valence electrons. The van der Waals surface area contributed by atoms with E-state index in [1.807, 2.05) is 6.07 Å². The van der Waals surface area contributed by atoms with E-state index in [9.17, 15) is 5.11 Å². The third kappa shape index (κ3) is 5.67. The lowest BCUT2D eigenvalue weighted by atomic mass is 9.48. The number of benzene rings is 2. The Morgan fingerprint density at radius 2 is 1.56 bits per heavy atom. The molecule has 0 aliphatic heterocycles. The van der Waals surface area contributed by atoms with Gasteiger partial charge in [0.25, 0.3) is 0 Å². The first-order valence-corrected chi connectivity index (χ1v) is 13.3. The average molecular weight is 463 g/mol.